The monoisotopic (exact) mass is 613 g/mol. The number of pyridine rings is 2. The van der Waals surface area contributed by atoms with Crippen LogP contribution in [0.4, 0.5) is 9.18 Å². The second-order valence-corrected chi connectivity index (χ2v) is 13.3. The lowest BCUT2D eigenvalue weighted by molar-refractivity contribution is -0.139. The Morgan fingerprint density at radius 2 is 1.91 bits per heavy atom. The highest BCUT2D eigenvalue weighted by Gasteiger charge is 2.43. The molecule has 3 aromatic heterocycles. The van der Waals surface area contributed by atoms with E-state index in [2.05, 4.69) is 4.98 Å². The van der Waals surface area contributed by atoms with Crippen LogP contribution >= 0.6 is 0 Å². The third-order valence-electron chi connectivity index (χ3n) is 8.76. The van der Waals surface area contributed by atoms with Gasteiger partial charge in [-0.2, -0.15) is 0 Å². The predicted octanol–water partition coefficient (Wildman–Crippen LogP) is 5.45. The third-order valence-corrected chi connectivity index (χ3v) is 8.76. The first kappa shape index (κ1) is 30.6. The van der Waals surface area contributed by atoms with Crippen molar-refractivity contribution in [1.29, 1.82) is 0 Å². The van der Waals surface area contributed by atoms with E-state index >= 15 is 4.39 Å². The number of aryl methyl sites for hydroxylation is 1. The molecular formula is C35H40FN5O4. The van der Waals surface area contributed by atoms with E-state index in [1.54, 1.807) is 42.7 Å². The van der Waals surface area contributed by atoms with Gasteiger partial charge in [0.2, 0.25) is 5.91 Å². The van der Waals surface area contributed by atoms with Crippen molar-refractivity contribution in [1.82, 2.24) is 23.9 Å². The summed E-state index contributed by atoms with van der Waals surface area (Å²) in [7, 11) is 1.69. The second kappa shape index (κ2) is 12.1. The van der Waals surface area contributed by atoms with Crippen molar-refractivity contribution in [2.24, 2.45) is 13.0 Å². The summed E-state index contributed by atoms with van der Waals surface area (Å²) in [6.45, 7) is 6.80. The maximum absolute atomic E-state index is 15.4. The molecule has 1 saturated heterocycles. The summed E-state index contributed by atoms with van der Waals surface area (Å²) in [4.78, 5) is 48.1. The molecule has 2 aliphatic rings. The van der Waals surface area contributed by atoms with Crippen molar-refractivity contribution < 1.29 is 18.7 Å². The van der Waals surface area contributed by atoms with E-state index in [9.17, 15) is 14.4 Å². The summed E-state index contributed by atoms with van der Waals surface area (Å²) in [6.07, 6.45) is 8.96. The number of likely N-dealkylation sites (tertiary alicyclic amines) is 1. The topological polar surface area (TPSA) is 89.7 Å². The van der Waals surface area contributed by atoms with Crippen LogP contribution in [0.25, 0.3) is 10.9 Å². The van der Waals surface area contributed by atoms with Crippen LogP contribution in [0.5, 0.6) is 0 Å². The van der Waals surface area contributed by atoms with Gasteiger partial charge in [-0.05, 0) is 86.9 Å². The Balaban J connectivity index is 1.34. The molecule has 0 N–H and O–H groups in total. The second-order valence-electron chi connectivity index (χ2n) is 13.3. The molecule has 0 bridgehead atoms. The first-order valence-corrected chi connectivity index (χ1v) is 15.6. The summed E-state index contributed by atoms with van der Waals surface area (Å²) in [5, 5.41) is 0.502. The van der Waals surface area contributed by atoms with Gasteiger partial charge in [0.05, 0.1) is 11.4 Å². The fourth-order valence-corrected chi connectivity index (χ4v) is 6.39. The van der Waals surface area contributed by atoms with Crippen molar-refractivity contribution in [3.63, 3.8) is 0 Å². The minimum atomic E-state index is -0.673. The number of carbonyl (C=O) groups is 2. The van der Waals surface area contributed by atoms with Gasteiger partial charge in [0.15, 0.2) is 0 Å². The Bertz CT molecular complexity index is 1770. The predicted molar refractivity (Wildman–Crippen MR) is 169 cm³/mol. The number of aromatic nitrogens is 3. The van der Waals surface area contributed by atoms with Gasteiger partial charge < -0.3 is 23.7 Å². The highest BCUT2D eigenvalue weighted by molar-refractivity contribution is 5.86. The van der Waals surface area contributed by atoms with Crippen LogP contribution < -0.4 is 5.56 Å². The molecule has 0 radical (unpaired) electrons. The van der Waals surface area contributed by atoms with E-state index in [1.807, 2.05) is 60.7 Å². The fourth-order valence-electron chi connectivity index (χ4n) is 6.39. The Morgan fingerprint density at radius 3 is 2.60 bits per heavy atom. The van der Waals surface area contributed by atoms with Gasteiger partial charge in [0, 0.05) is 75.5 Å². The molecule has 1 aliphatic heterocycles. The normalized spacial score (nSPS) is 18.6. The van der Waals surface area contributed by atoms with Crippen LogP contribution in [0.15, 0.2) is 72.0 Å². The number of ether oxygens (including phenoxy) is 1. The minimum Gasteiger partial charge on any atom is -0.444 e. The number of rotatable bonds is 7. The molecule has 1 saturated carbocycles. The van der Waals surface area contributed by atoms with Gasteiger partial charge in [0.1, 0.15) is 11.4 Å². The molecule has 4 heterocycles. The zero-order chi connectivity index (χ0) is 31.9. The standard InChI is InChI=1S/C35H40FN5O4/c1-35(2,3)45-34(44)39-16-13-27(24-12-15-38(4)31(42)17-24)28(22-39)33(43)41(26-10-11-26)21-25-20-40(19-23-7-6-14-37-18-23)30-9-5-8-29(36)32(25)30/h5-9,12,14-15,17-18,20,26-28H,10-11,13,16,19,21-22H2,1-4H3. The molecule has 0 spiro atoms. The van der Waals surface area contributed by atoms with Crippen molar-refractivity contribution in [3.05, 3.63) is 100 Å². The molecule has 1 aromatic carbocycles. The summed E-state index contributed by atoms with van der Waals surface area (Å²) in [5.41, 5.74) is 2.44. The number of hydrogen-bond acceptors (Lipinski definition) is 5. The number of benzene rings is 1. The van der Waals surface area contributed by atoms with Gasteiger partial charge in [-0.25, -0.2) is 9.18 Å². The fraction of sp³-hybridized carbons (Fsp3) is 0.429. The molecule has 2 amide bonds. The van der Waals surface area contributed by atoms with Crippen LogP contribution in [0, 0.1) is 11.7 Å². The smallest absolute Gasteiger partial charge is 0.410 e. The highest BCUT2D eigenvalue weighted by Crippen LogP contribution is 2.39. The zero-order valence-electron chi connectivity index (χ0n) is 26.3. The largest absolute Gasteiger partial charge is 0.444 e. The van der Waals surface area contributed by atoms with Gasteiger partial charge >= 0.3 is 6.09 Å². The quantitative estimate of drug-likeness (QED) is 0.277. The number of fused-ring (bicyclic) bond motifs is 1. The zero-order valence-corrected chi connectivity index (χ0v) is 26.3. The van der Waals surface area contributed by atoms with E-state index in [0.29, 0.717) is 24.9 Å². The molecule has 2 atom stereocenters. The van der Waals surface area contributed by atoms with Crippen LogP contribution in [-0.4, -0.2) is 60.7 Å². The average Bonchev–Trinajstić information content (AvgIpc) is 3.79. The molecule has 10 heteroatoms. The van der Waals surface area contributed by atoms with Gasteiger partial charge in [-0.1, -0.05) is 12.1 Å². The number of carbonyl (C=O) groups excluding carboxylic acids is 2. The van der Waals surface area contributed by atoms with Crippen LogP contribution in [0.2, 0.25) is 0 Å². The van der Waals surface area contributed by atoms with Crippen molar-refractivity contribution in [2.75, 3.05) is 13.1 Å². The van der Waals surface area contributed by atoms with Crippen molar-refractivity contribution in [3.8, 4) is 0 Å². The summed E-state index contributed by atoms with van der Waals surface area (Å²) in [5.74, 6) is -1.27. The van der Waals surface area contributed by atoms with E-state index in [4.69, 9.17) is 4.74 Å². The SMILES string of the molecule is Cn1ccc(C2CCN(C(=O)OC(C)(C)C)CC2C(=O)N(Cc2cn(Cc3cccnc3)c3cccc(F)c23)C2CC2)cc1=O. The first-order valence-electron chi connectivity index (χ1n) is 15.6. The lowest BCUT2D eigenvalue weighted by Crippen LogP contribution is -2.51. The van der Waals surface area contributed by atoms with Crippen molar-refractivity contribution >= 4 is 22.9 Å². The Hall–Kier alpha value is -4.47. The van der Waals surface area contributed by atoms with Gasteiger partial charge in [0.25, 0.3) is 5.56 Å². The maximum atomic E-state index is 15.4. The molecular weight excluding hydrogens is 573 g/mol. The lowest BCUT2D eigenvalue weighted by atomic mass is 9.79. The van der Waals surface area contributed by atoms with E-state index < -0.39 is 17.6 Å². The Labute approximate surface area is 262 Å². The number of halogens is 1. The molecule has 45 heavy (non-hydrogen) atoms. The van der Waals surface area contributed by atoms with E-state index in [1.165, 1.54) is 10.6 Å². The highest BCUT2D eigenvalue weighted by atomic mass is 19.1. The Morgan fingerprint density at radius 1 is 1.11 bits per heavy atom. The summed E-state index contributed by atoms with van der Waals surface area (Å²) >= 11 is 0. The first-order chi connectivity index (χ1) is 21.5. The number of amides is 2. The lowest BCUT2D eigenvalue weighted by Gasteiger charge is -2.40. The molecule has 6 rings (SSSR count). The number of nitrogens with zero attached hydrogens (tertiary/aromatic N) is 5. The maximum Gasteiger partial charge on any atom is 0.410 e. The van der Waals surface area contributed by atoms with Gasteiger partial charge in [-0.15, -0.1) is 0 Å². The molecule has 1 aliphatic carbocycles. The number of piperidine rings is 1. The summed E-state index contributed by atoms with van der Waals surface area (Å²) in [6, 6.07) is 12.4. The molecule has 4 aromatic rings. The molecule has 2 fully saturated rings. The molecule has 2 unspecified atom stereocenters. The average molecular weight is 614 g/mol. The van der Waals surface area contributed by atoms with E-state index in [-0.39, 0.29) is 42.3 Å². The van der Waals surface area contributed by atoms with Crippen molar-refractivity contribution in [2.45, 2.75) is 70.7 Å². The number of hydrogen-bond donors (Lipinski definition) is 0. The van der Waals surface area contributed by atoms with Crippen LogP contribution in [0.3, 0.4) is 0 Å². The van der Waals surface area contributed by atoms with Crippen LogP contribution in [0.1, 0.15) is 62.6 Å². The van der Waals surface area contributed by atoms with E-state index in [0.717, 1.165) is 35.0 Å². The summed E-state index contributed by atoms with van der Waals surface area (Å²) < 4.78 is 24.6. The third kappa shape index (κ3) is 6.65. The Kier molecular flexibility index (Phi) is 8.24. The molecule has 9 nitrogen and oxygen atoms in total. The minimum absolute atomic E-state index is 0.0298. The molecule has 236 valence electrons. The van der Waals surface area contributed by atoms with Crippen LogP contribution in [-0.2, 0) is 29.7 Å². The van der Waals surface area contributed by atoms with Gasteiger partial charge in [-0.3, -0.25) is 14.6 Å².